The summed E-state index contributed by atoms with van der Waals surface area (Å²) in [6.45, 7) is 0. The summed E-state index contributed by atoms with van der Waals surface area (Å²) in [5, 5.41) is 18.3. The second-order valence-electron chi connectivity index (χ2n) is 3.60. The number of hydrogen-bond donors (Lipinski definition) is 3. The number of benzene rings is 1. The van der Waals surface area contributed by atoms with Gasteiger partial charge in [0, 0.05) is 5.92 Å². The standard InChI is InChI=1S/C10H11NO3/c11-10(14)7-4-6(7)5-1-2-8(12)9(13)3-5/h1-3,6-7,12-13H,4H2,(H2,11,14). The van der Waals surface area contributed by atoms with E-state index in [1.165, 1.54) is 12.1 Å². The minimum Gasteiger partial charge on any atom is -0.504 e. The van der Waals surface area contributed by atoms with Crippen molar-refractivity contribution in [3.63, 3.8) is 0 Å². The van der Waals surface area contributed by atoms with Crippen LogP contribution in [0.4, 0.5) is 0 Å². The SMILES string of the molecule is NC(=O)C1CC1c1ccc(O)c(O)c1. The Morgan fingerprint density at radius 1 is 1.36 bits per heavy atom. The number of carbonyl (C=O) groups excluding carboxylic acids is 1. The Labute approximate surface area is 81.0 Å². The van der Waals surface area contributed by atoms with E-state index in [1.807, 2.05) is 0 Å². The zero-order valence-corrected chi connectivity index (χ0v) is 7.47. The Morgan fingerprint density at radius 3 is 2.57 bits per heavy atom. The summed E-state index contributed by atoms with van der Waals surface area (Å²) in [5.74, 6) is -0.608. The molecule has 2 rings (SSSR count). The molecule has 4 heteroatoms. The molecule has 0 heterocycles. The van der Waals surface area contributed by atoms with E-state index in [2.05, 4.69) is 0 Å². The third-order valence-electron chi connectivity index (χ3n) is 2.58. The van der Waals surface area contributed by atoms with E-state index >= 15 is 0 Å². The molecule has 2 unspecified atom stereocenters. The van der Waals surface area contributed by atoms with Crippen LogP contribution in [0.5, 0.6) is 11.5 Å². The molecule has 0 aliphatic heterocycles. The quantitative estimate of drug-likeness (QED) is 0.604. The lowest BCUT2D eigenvalue weighted by Gasteiger charge is -2.01. The molecule has 4 nitrogen and oxygen atoms in total. The maximum absolute atomic E-state index is 10.8. The third kappa shape index (κ3) is 1.39. The van der Waals surface area contributed by atoms with Gasteiger partial charge in [-0.15, -0.1) is 0 Å². The Morgan fingerprint density at radius 2 is 2.07 bits per heavy atom. The molecular weight excluding hydrogens is 182 g/mol. The predicted molar refractivity (Wildman–Crippen MR) is 49.8 cm³/mol. The molecule has 1 aliphatic carbocycles. The van der Waals surface area contributed by atoms with E-state index in [-0.39, 0.29) is 29.2 Å². The van der Waals surface area contributed by atoms with E-state index in [4.69, 9.17) is 10.8 Å². The van der Waals surface area contributed by atoms with Gasteiger partial charge in [-0.1, -0.05) is 6.07 Å². The van der Waals surface area contributed by atoms with Crippen molar-refractivity contribution >= 4 is 5.91 Å². The van der Waals surface area contributed by atoms with Crippen molar-refractivity contribution in [1.82, 2.24) is 0 Å². The minimum absolute atomic E-state index is 0.110. The molecule has 4 N–H and O–H groups in total. The molecule has 1 aliphatic rings. The molecule has 2 atom stereocenters. The summed E-state index contributed by atoms with van der Waals surface area (Å²) in [6, 6.07) is 4.59. The van der Waals surface area contributed by atoms with Gasteiger partial charge in [0.05, 0.1) is 0 Å². The third-order valence-corrected chi connectivity index (χ3v) is 2.58. The van der Waals surface area contributed by atoms with Gasteiger partial charge in [0.2, 0.25) is 5.91 Å². The van der Waals surface area contributed by atoms with Gasteiger partial charge < -0.3 is 15.9 Å². The molecule has 1 fully saturated rings. The molecule has 1 aromatic rings. The minimum atomic E-state index is -0.303. The van der Waals surface area contributed by atoms with Crippen LogP contribution >= 0.6 is 0 Å². The highest BCUT2D eigenvalue weighted by atomic mass is 16.3. The molecule has 14 heavy (non-hydrogen) atoms. The second-order valence-corrected chi connectivity index (χ2v) is 3.60. The maximum atomic E-state index is 10.8. The van der Waals surface area contributed by atoms with Gasteiger partial charge in [0.15, 0.2) is 11.5 Å². The maximum Gasteiger partial charge on any atom is 0.221 e. The lowest BCUT2D eigenvalue weighted by molar-refractivity contribution is -0.119. The van der Waals surface area contributed by atoms with Gasteiger partial charge in [-0.25, -0.2) is 0 Å². The number of rotatable bonds is 2. The van der Waals surface area contributed by atoms with Crippen molar-refractivity contribution in [2.24, 2.45) is 11.7 Å². The molecule has 1 amide bonds. The van der Waals surface area contributed by atoms with Crippen molar-refractivity contribution in [2.45, 2.75) is 12.3 Å². The highest BCUT2D eigenvalue weighted by molar-refractivity contribution is 5.81. The predicted octanol–water partition coefficient (Wildman–Crippen LogP) is 0.687. The Bertz CT molecular complexity index is 389. The van der Waals surface area contributed by atoms with E-state index in [1.54, 1.807) is 6.07 Å². The van der Waals surface area contributed by atoms with Crippen molar-refractivity contribution < 1.29 is 15.0 Å². The van der Waals surface area contributed by atoms with Crippen molar-refractivity contribution in [2.75, 3.05) is 0 Å². The van der Waals surface area contributed by atoms with Gasteiger partial charge >= 0.3 is 0 Å². The van der Waals surface area contributed by atoms with Crippen LogP contribution in [0.1, 0.15) is 17.9 Å². The highest BCUT2D eigenvalue weighted by Crippen LogP contribution is 2.48. The zero-order chi connectivity index (χ0) is 10.3. The van der Waals surface area contributed by atoms with Gasteiger partial charge in [-0.3, -0.25) is 4.79 Å². The topological polar surface area (TPSA) is 83.6 Å². The summed E-state index contributed by atoms with van der Waals surface area (Å²) in [5.41, 5.74) is 5.99. The summed E-state index contributed by atoms with van der Waals surface area (Å²) >= 11 is 0. The molecule has 0 spiro atoms. The first-order valence-corrected chi connectivity index (χ1v) is 4.41. The molecule has 1 aromatic carbocycles. The number of phenolic OH excluding ortho intramolecular Hbond substituents is 2. The fraction of sp³-hybridized carbons (Fsp3) is 0.300. The first-order valence-electron chi connectivity index (χ1n) is 4.41. The van der Waals surface area contributed by atoms with Gasteiger partial charge in [-0.05, 0) is 30.0 Å². The van der Waals surface area contributed by atoms with E-state index in [0.717, 1.165) is 12.0 Å². The van der Waals surface area contributed by atoms with Crippen LogP contribution < -0.4 is 5.73 Å². The van der Waals surface area contributed by atoms with Crippen molar-refractivity contribution in [1.29, 1.82) is 0 Å². The van der Waals surface area contributed by atoms with Crippen molar-refractivity contribution in [3.8, 4) is 11.5 Å². The molecule has 74 valence electrons. The van der Waals surface area contributed by atoms with Crippen LogP contribution in [-0.2, 0) is 4.79 Å². The lowest BCUT2D eigenvalue weighted by atomic mass is 10.1. The second kappa shape index (κ2) is 2.90. The summed E-state index contributed by atoms with van der Waals surface area (Å²) < 4.78 is 0. The number of primary amides is 1. The normalized spacial score (nSPS) is 24.6. The van der Waals surface area contributed by atoms with Crippen LogP contribution in [0.25, 0.3) is 0 Å². The Kier molecular flexibility index (Phi) is 1.84. The van der Waals surface area contributed by atoms with Gasteiger partial charge in [0.25, 0.3) is 0 Å². The first kappa shape index (κ1) is 8.87. The monoisotopic (exact) mass is 193 g/mol. The van der Waals surface area contributed by atoms with Gasteiger partial charge in [-0.2, -0.15) is 0 Å². The van der Waals surface area contributed by atoms with Crippen LogP contribution in [0.2, 0.25) is 0 Å². The van der Waals surface area contributed by atoms with E-state index in [9.17, 15) is 9.90 Å². The van der Waals surface area contributed by atoms with E-state index in [0.29, 0.717) is 0 Å². The average molecular weight is 193 g/mol. The number of carbonyl (C=O) groups is 1. The number of nitrogens with two attached hydrogens (primary N) is 1. The zero-order valence-electron chi connectivity index (χ0n) is 7.47. The Balaban J connectivity index is 2.20. The molecule has 1 saturated carbocycles. The van der Waals surface area contributed by atoms with Gasteiger partial charge in [0.1, 0.15) is 0 Å². The number of aromatic hydroxyl groups is 2. The Hall–Kier alpha value is -1.71. The van der Waals surface area contributed by atoms with Crippen LogP contribution in [0.3, 0.4) is 0 Å². The molecule has 0 saturated heterocycles. The molecule has 0 radical (unpaired) electrons. The smallest absolute Gasteiger partial charge is 0.221 e. The average Bonchev–Trinajstić information content (AvgIpc) is 2.89. The molecule has 0 aromatic heterocycles. The lowest BCUT2D eigenvalue weighted by Crippen LogP contribution is -2.13. The van der Waals surface area contributed by atoms with E-state index < -0.39 is 0 Å². The fourth-order valence-electron chi connectivity index (χ4n) is 1.65. The summed E-state index contributed by atoms with van der Waals surface area (Å²) in [6.07, 6.45) is 0.736. The summed E-state index contributed by atoms with van der Waals surface area (Å²) in [7, 11) is 0. The van der Waals surface area contributed by atoms with Crippen LogP contribution in [0.15, 0.2) is 18.2 Å². The number of hydrogen-bond acceptors (Lipinski definition) is 3. The fourth-order valence-corrected chi connectivity index (χ4v) is 1.65. The molecule has 0 bridgehead atoms. The summed E-state index contributed by atoms with van der Waals surface area (Å²) in [4.78, 5) is 10.8. The largest absolute Gasteiger partial charge is 0.504 e. The van der Waals surface area contributed by atoms with Crippen LogP contribution in [0, 0.1) is 5.92 Å². The highest BCUT2D eigenvalue weighted by Gasteiger charge is 2.42. The number of phenols is 2. The first-order chi connectivity index (χ1) is 6.59. The number of amides is 1. The van der Waals surface area contributed by atoms with Crippen LogP contribution in [-0.4, -0.2) is 16.1 Å². The molecular formula is C10H11NO3. The van der Waals surface area contributed by atoms with Crippen molar-refractivity contribution in [3.05, 3.63) is 23.8 Å².